The van der Waals surface area contributed by atoms with Crippen LogP contribution >= 0.6 is 11.6 Å². The van der Waals surface area contributed by atoms with Crippen molar-refractivity contribution in [2.24, 2.45) is 0 Å². The Labute approximate surface area is 247 Å². The summed E-state index contributed by atoms with van der Waals surface area (Å²) in [7, 11) is 0. The third-order valence-corrected chi connectivity index (χ3v) is 9.02. The van der Waals surface area contributed by atoms with Crippen LogP contribution in [0.4, 0.5) is 23.4 Å². The zero-order valence-corrected chi connectivity index (χ0v) is 23.0. The summed E-state index contributed by atoms with van der Waals surface area (Å²) in [6.07, 6.45) is -4.37. The van der Waals surface area contributed by atoms with Crippen molar-refractivity contribution in [1.82, 2.24) is 24.8 Å². The Morgan fingerprint density at radius 3 is 2.83 bits per heavy atom. The van der Waals surface area contributed by atoms with Gasteiger partial charge in [-0.05, 0) is 44.3 Å². The smallest absolute Gasteiger partial charge is 0.419 e. The van der Waals surface area contributed by atoms with Crippen LogP contribution in [0.2, 0.25) is 5.02 Å². The van der Waals surface area contributed by atoms with E-state index in [2.05, 4.69) is 15.3 Å². The number of rotatable bonds is 5. The number of fused-ring (bicyclic) bond motifs is 5. The monoisotopic (exact) mass is 611 g/mol. The fraction of sp³-hybridized carbons (Fsp3) is 0.536. The lowest BCUT2D eigenvalue weighted by Gasteiger charge is -2.46. The molecule has 2 N–H and O–H groups in total. The predicted octanol–water partition coefficient (Wildman–Crippen LogP) is 4.05. The summed E-state index contributed by atoms with van der Waals surface area (Å²) >= 11 is 5.89. The van der Waals surface area contributed by atoms with Crippen LogP contribution in [0.15, 0.2) is 29.2 Å². The SMILES string of the molecule is [2H]C1([2H])CC[C@@]2(COc3nc(N4CC5CCC4CN5)c4ccn(-c5cc(O)cc(Cl)c5C(F)(F)F)c(=O)c4n3)C[C@@]([2H])(F)CN12. The molecule has 224 valence electrons. The van der Waals surface area contributed by atoms with Gasteiger partial charge in [0.2, 0.25) is 0 Å². The van der Waals surface area contributed by atoms with Crippen molar-refractivity contribution in [3.8, 4) is 17.4 Å². The molecule has 7 heterocycles. The number of nitrogens with one attached hydrogen (secondary N) is 1. The molecule has 1 aromatic carbocycles. The van der Waals surface area contributed by atoms with E-state index >= 15 is 0 Å². The number of piperidine rings is 2. The van der Waals surface area contributed by atoms with Gasteiger partial charge in [0.25, 0.3) is 5.56 Å². The van der Waals surface area contributed by atoms with E-state index in [9.17, 15) is 27.5 Å². The van der Waals surface area contributed by atoms with Gasteiger partial charge in [-0.2, -0.15) is 23.1 Å². The molecule has 5 saturated heterocycles. The van der Waals surface area contributed by atoms with Gasteiger partial charge in [0, 0.05) is 53.1 Å². The van der Waals surface area contributed by atoms with Crippen LogP contribution in [0.3, 0.4) is 0 Å². The first-order valence-electron chi connectivity index (χ1n) is 15.2. The Morgan fingerprint density at radius 2 is 2.12 bits per heavy atom. The number of phenols is 1. The summed E-state index contributed by atoms with van der Waals surface area (Å²) in [6, 6.07) is 2.87. The van der Waals surface area contributed by atoms with Gasteiger partial charge in [-0.15, -0.1) is 0 Å². The molecule has 9 nitrogen and oxygen atoms in total. The largest absolute Gasteiger partial charge is 0.508 e. The average Bonchev–Trinajstić information content (AvgIpc) is 3.38. The maximum absolute atomic E-state index is 14.9. The van der Waals surface area contributed by atoms with E-state index in [-0.39, 0.29) is 54.9 Å². The fourth-order valence-corrected chi connectivity index (χ4v) is 7.01. The summed E-state index contributed by atoms with van der Waals surface area (Å²) in [6.45, 7) is -1.33. The molecule has 2 bridgehead atoms. The predicted molar refractivity (Wildman–Crippen MR) is 148 cm³/mol. The van der Waals surface area contributed by atoms with Crippen LogP contribution in [0.1, 0.15) is 41.8 Å². The van der Waals surface area contributed by atoms with E-state index in [0.29, 0.717) is 23.5 Å². The lowest BCUT2D eigenvalue weighted by Crippen LogP contribution is -2.61. The Balaban J connectivity index is 1.36. The van der Waals surface area contributed by atoms with Gasteiger partial charge in [-0.1, -0.05) is 11.6 Å². The fourth-order valence-electron chi connectivity index (χ4n) is 6.69. The zero-order valence-electron chi connectivity index (χ0n) is 25.2. The summed E-state index contributed by atoms with van der Waals surface area (Å²) in [4.78, 5) is 26.2. The number of ether oxygens (including phenoxy) is 1. The van der Waals surface area contributed by atoms with E-state index in [1.807, 2.05) is 4.90 Å². The number of piperazine rings is 1. The Hall–Kier alpha value is -3.16. The molecular formula is C28H29ClF4N6O3. The molecule has 4 atom stereocenters. The van der Waals surface area contributed by atoms with E-state index in [4.69, 9.17) is 20.5 Å². The minimum Gasteiger partial charge on any atom is -0.508 e. The minimum absolute atomic E-state index is 0.0200. The van der Waals surface area contributed by atoms with Gasteiger partial charge in [0.05, 0.1) is 28.6 Å². The van der Waals surface area contributed by atoms with E-state index in [0.717, 1.165) is 31.2 Å². The second-order valence-electron chi connectivity index (χ2n) is 11.3. The van der Waals surface area contributed by atoms with Gasteiger partial charge in [0.1, 0.15) is 29.8 Å². The molecule has 42 heavy (non-hydrogen) atoms. The van der Waals surface area contributed by atoms with Crippen LogP contribution < -0.4 is 20.5 Å². The highest BCUT2D eigenvalue weighted by atomic mass is 35.5. The topological polar surface area (TPSA) is 95.8 Å². The van der Waals surface area contributed by atoms with E-state index in [1.54, 1.807) is 0 Å². The Bertz CT molecular complexity index is 1750. The van der Waals surface area contributed by atoms with E-state index < -0.39 is 58.5 Å². The summed E-state index contributed by atoms with van der Waals surface area (Å²) in [5, 5.41) is 13.0. The maximum atomic E-state index is 14.9. The van der Waals surface area contributed by atoms with Gasteiger partial charge < -0.3 is 20.1 Å². The number of hydrogen-bond donors (Lipinski definition) is 2. The number of benzene rings is 1. The average molecular weight is 612 g/mol. The first-order valence-corrected chi connectivity index (χ1v) is 14.1. The number of aromatic hydroxyl groups is 1. The second-order valence-corrected chi connectivity index (χ2v) is 11.7. The molecule has 0 radical (unpaired) electrons. The molecule has 2 unspecified atom stereocenters. The van der Waals surface area contributed by atoms with Gasteiger partial charge in [-0.25, -0.2) is 4.39 Å². The first-order chi connectivity index (χ1) is 21.1. The van der Waals surface area contributed by atoms with Crippen molar-refractivity contribution in [2.45, 2.75) is 62.1 Å². The molecule has 2 aromatic heterocycles. The standard InChI is InChI=1S/C28H29ClF4N6O3/c29-20-8-18(40)9-21(22(20)28(31,32)33)38-7-4-19-23(25(38)41)35-26(36-24(19)39-13-16-2-3-17(39)11-34-16)42-14-27-5-1-6-37(27)12-15(30)10-27/h4,7-9,15-17,34,40H,1-3,5-6,10-14H2/t15-,16?,17?,27+/m1/s1/i6D2,15D. The third kappa shape index (κ3) is 4.56. The van der Waals surface area contributed by atoms with Crippen molar-refractivity contribution in [3.63, 3.8) is 0 Å². The number of halogens is 5. The molecule has 3 aromatic rings. The maximum Gasteiger partial charge on any atom is 0.419 e. The highest BCUT2D eigenvalue weighted by molar-refractivity contribution is 6.31. The molecule has 0 saturated carbocycles. The van der Waals surface area contributed by atoms with Gasteiger partial charge in [0.15, 0.2) is 0 Å². The number of aromatic nitrogens is 3. The summed E-state index contributed by atoms with van der Waals surface area (Å²) in [5.41, 5.74) is -4.34. The zero-order chi connectivity index (χ0) is 32.1. The first kappa shape index (κ1) is 24.3. The Kier molecular flexibility index (Phi) is 5.76. The molecule has 5 fully saturated rings. The van der Waals surface area contributed by atoms with Crippen LogP contribution in [0.5, 0.6) is 11.8 Å². The quantitative estimate of drug-likeness (QED) is 0.417. The molecule has 14 heteroatoms. The third-order valence-electron chi connectivity index (χ3n) is 8.72. The van der Waals surface area contributed by atoms with Crippen molar-refractivity contribution >= 4 is 28.3 Å². The van der Waals surface area contributed by atoms with Crippen molar-refractivity contribution in [1.29, 1.82) is 0 Å². The van der Waals surface area contributed by atoms with Gasteiger partial charge >= 0.3 is 12.2 Å². The van der Waals surface area contributed by atoms with Crippen LogP contribution in [0.25, 0.3) is 16.6 Å². The lowest BCUT2D eigenvalue weighted by molar-refractivity contribution is -0.137. The molecule has 5 aliphatic heterocycles. The van der Waals surface area contributed by atoms with Crippen LogP contribution in [-0.4, -0.2) is 81.0 Å². The van der Waals surface area contributed by atoms with Crippen molar-refractivity contribution in [3.05, 3.63) is 45.3 Å². The Morgan fingerprint density at radius 1 is 1.29 bits per heavy atom. The molecule has 8 rings (SSSR count). The van der Waals surface area contributed by atoms with Crippen molar-refractivity contribution < 1.29 is 31.5 Å². The number of alkyl halides is 4. The van der Waals surface area contributed by atoms with Crippen LogP contribution in [-0.2, 0) is 6.18 Å². The molecular weight excluding hydrogens is 580 g/mol. The van der Waals surface area contributed by atoms with E-state index in [1.165, 1.54) is 11.0 Å². The number of nitrogens with zero attached hydrogens (tertiary/aromatic N) is 5. The number of hydrogen-bond acceptors (Lipinski definition) is 8. The summed E-state index contributed by atoms with van der Waals surface area (Å²) in [5.74, 6) is -0.224. The highest BCUT2D eigenvalue weighted by Gasteiger charge is 2.49. The molecule has 0 spiro atoms. The molecule has 0 amide bonds. The number of anilines is 1. The second kappa shape index (κ2) is 9.95. The number of phenolic OH excluding ortho intramolecular Hbond substituents is 1. The minimum atomic E-state index is -4.96. The molecule has 0 aliphatic carbocycles. The van der Waals surface area contributed by atoms with Gasteiger partial charge in [-0.3, -0.25) is 14.3 Å². The van der Waals surface area contributed by atoms with Crippen molar-refractivity contribution in [2.75, 3.05) is 37.6 Å². The van der Waals surface area contributed by atoms with Crippen LogP contribution in [0, 0.1) is 0 Å². The summed E-state index contributed by atoms with van der Waals surface area (Å²) < 4.78 is 88.5. The number of pyridine rings is 1. The lowest BCUT2D eigenvalue weighted by atomic mass is 9.93. The molecule has 5 aliphatic rings. The highest BCUT2D eigenvalue weighted by Crippen LogP contribution is 2.42. The normalized spacial score (nSPS) is 31.6.